The van der Waals surface area contributed by atoms with E-state index in [0.717, 1.165) is 27.5 Å². The van der Waals surface area contributed by atoms with Crippen molar-refractivity contribution in [2.45, 2.75) is 13.8 Å². The van der Waals surface area contributed by atoms with E-state index in [4.69, 9.17) is 0 Å². The van der Waals surface area contributed by atoms with Crippen molar-refractivity contribution in [1.82, 2.24) is 4.98 Å². The summed E-state index contributed by atoms with van der Waals surface area (Å²) >= 11 is 1.64. The second kappa shape index (κ2) is 6.12. The Labute approximate surface area is 133 Å². The first-order valence-electron chi connectivity index (χ1n) is 7.03. The van der Waals surface area contributed by atoms with E-state index in [9.17, 15) is 4.79 Å². The Bertz CT molecular complexity index is 810. The van der Waals surface area contributed by atoms with Crippen molar-refractivity contribution < 1.29 is 4.79 Å². The Kier molecular flexibility index (Phi) is 4.02. The fourth-order valence-corrected chi connectivity index (χ4v) is 2.98. The van der Waals surface area contributed by atoms with Gasteiger partial charge in [0.2, 0.25) is 0 Å². The Morgan fingerprint density at radius 3 is 2.64 bits per heavy atom. The number of rotatable bonds is 3. The molecule has 0 atom stereocenters. The van der Waals surface area contributed by atoms with Gasteiger partial charge in [-0.25, -0.2) is 0 Å². The molecule has 2 heterocycles. The molecule has 0 saturated heterocycles. The zero-order chi connectivity index (χ0) is 15.5. The summed E-state index contributed by atoms with van der Waals surface area (Å²) in [7, 11) is 0. The van der Waals surface area contributed by atoms with E-state index in [0.29, 0.717) is 5.56 Å². The fraction of sp³-hybridized carbons (Fsp3) is 0.111. The third-order valence-corrected chi connectivity index (χ3v) is 4.27. The van der Waals surface area contributed by atoms with Gasteiger partial charge < -0.3 is 5.32 Å². The Morgan fingerprint density at radius 1 is 1.09 bits per heavy atom. The van der Waals surface area contributed by atoms with E-state index < -0.39 is 0 Å². The highest BCUT2D eigenvalue weighted by atomic mass is 32.1. The Hall–Kier alpha value is -2.46. The summed E-state index contributed by atoms with van der Waals surface area (Å²) < 4.78 is 0. The second-order valence-electron chi connectivity index (χ2n) is 5.13. The summed E-state index contributed by atoms with van der Waals surface area (Å²) in [6.07, 6.45) is 0. The van der Waals surface area contributed by atoms with E-state index in [2.05, 4.69) is 10.3 Å². The minimum absolute atomic E-state index is 0.131. The summed E-state index contributed by atoms with van der Waals surface area (Å²) in [5.41, 5.74) is 4.14. The van der Waals surface area contributed by atoms with Crippen LogP contribution in [0.5, 0.6) is 0 Å². The predicted molar refractivity (Wildman–Crippen MR) is 91.4 cm³/mol. The van der Waals surface area contributed by atoms with Crippen LogP contribution in [0.4, 0.5) is 5.69 Å². The van der Waals surface area contributed by atoms with Crippen molar-refractivity contribution in [1.29, 1.82) is 0 Å². The number of anilines is 1. The van der Waals surface area contributed by atoms with E-state index in [1.54, 1.807) is 11.3 Å². The average molecular weight is 308 g/mol. The summed E-state index contributed by atoms with van der Waals surface area (Å²) in [4.78, 5) is 18.0. The van der Waals surface area contributed by atoms with Crippen LogP contribution in [-0.2, 0) is 0 Å². The third-order valence-electron chi connectivity index (χ3n) is 3.38. The molecule has 0 unspecified atom stereocenters. The molecular formula is C18H16N2OS. The quantitative estimate of drug-likeness (QED) is 0.763. The first-order valence-corrected chi connectivity index (χ1v) is 7.91. The van der Waals surface area contributed by atoms with Crippen LogP contribution in [0.3, 0.4) is 0 Å². The lowest BCUT2D eigenvalue weighted by atomic mass is 10.1. The van der Waals surface area contributed by atoms with Crippen LogP contribution in [0.1, 0.15) is 21.6 Å². The molecule has 22 heavy (non-hydrogen) atoms. The number of pyridine rings is 1. The average Bonchev–Trinajstić information content (AvgIpc) is 3.01. The Morgan fingerprint density at radius 2 is 1.95 bits per heavy atom. The number of benzene rings is 1. The van der Waals surface area contributed by atoms with Crippen LogP contribution in [-0.4, -0.2) is 10.9 Å². The second-order valence-corrected chi connectivity index (χ2v) is 6.08. The topological polar surface area (TPSA) is 42.0 Å². The van der Waals surface area contributed by atoms with E-state index >= 15 is 0 Å². The van der Waals surface area contributed by atoms with Crippen LogP contribution >= 0.6 is 11.3 Å². The number of hydrogen-bond acceptors (Lipinski definition) is 3. The number of amides is 1. The molecule has 3 aromatic rings. The van der Waals surface area contributed by atoms with Crippen molar-refractivity contribution in [3.8, 4) is 10.6 Å². The number of aromatic nitrogens is 1. The zero-order valence-electron chi connectivity index (χ0n) is 12.5. The summed E-state index contributed by atoms with van der Waals surface area (Å²) in [5, 5.41) is 4.94. The van der Waals surface area contributed by atoms with Gasteiger partial charge in [-0.1, -0.05) is 18.2 Å². The maximum absolute atomic E-state index is 12.4. The first-order chi connectivity index (χ1) is 10.6. The smallest absolute Gasteiger partial charge is 0.257 e. The molecule has 0 fully saturated rings. The number of carbonyl (C=O) groups excluding carboxylic acids is 1. The van der Waals surface area contributed by atoms with Crippen LogP contribution < -0.4 is 5.32 Å². The molecule has 1 amide bonds. The van der Waals surface area contributed by atoms with Gasteiger partial charge in [0.15, 0.2) is 0 Å². The van der Waals surface area contributed by atoms with Crippen molar-refractivity contribution in [2.24, 2.45) is 0 Å². The largest absolute Gasteiger partial charge is 0.322 e. The van der Waals surface area contributed by atoms with Gasteiger partial charge in [-0.2, -0.15) is 0 Å². The van der Waals surface area contributed by atoms with Crippen LogP contribution in [0.15, 0.2) is 53.9 Å². The van der Waals surface area contributed by atoms with Crippen LogP contribution in [0, 0.1) is 13.8 Å². The third kappa shape index (κ3) is 3.07. The summed E-state index contributed by atoms with van der Waals surface area (Å²) in [6, 6.07) is 15.5. The lowest BCUT2D eigenvalue weighted by molar-refractivity contribution is 0.102. The van der Waals surface area contributed by atoms with Crippen LogP contribution in [0.2, 0.25) is 0 Å². The molecule has 1 aromatic carbocycles. The minimum Gasteiger partial charge on any atom is -0.322 e. The predicted octanol–water partition coefficient (Wildman–Crippen LogP) is 4.68. The maximum atomic E-state index is 12.4. The number of nitrogens with one attached hydrogen (secondary N) is 1. The molecule has 3 rings (SSSR count). The first kappa shape index (κ1) is 14.5. The van der Waals surface area contributed by atoms with E-state index in [-0.39, 0.29) is 5.91 Å². The summed E-state index contributed by atoms with van der Waals surface area (Å²) in [5.74, 6) is -0.131. The molecule has 1 N–H and O–H groups in total. The highest BCUT2D eigenvalue weighted by molar-refractivity contribution is 7.13. The highest BCUT2D eigenvalue weighted by Crippen LogP contribution is 2.24. The van der Waals surface area contributed by atoms with E-state index in [1.165, 1.54) is 0 Å². The SMILES string of the molecule is Cc1cccc(NC(=O)c2ccc(-c3cccs3)nc2C)c1. The lowest BCUT2D eigenvalue weighted by Gasteiger charge is -2.09. The number of aryl methyl sites for hydroxylation is 2. The normalized spacial score (nSPS) is 10.5. The molecular weight excluding hydrogens is 292 g/mol. The van der Waals surface area contributed by atoms with Crippen molar-refractivity contribution in [2.75, 3.05) is 5.32 Å². The zero-order valence-corrected chi connectivity index (χ0v) is 13.3. The number of nitrogens with zero attached hydrogens (tertiary/aromatic N) is 1. The molecule has 0 bridgehead atoms. The molecule has 2 aromatic heterocycles. The molecule has 0 aliphatic rings. The molecule has 0 radical (unpaired) electrons. The molecule has 4 heteroatoms. The lowest BCUT2D eigenvalue weighted by Crippen LogP contribution is -2.14. The van der Waals surface area contributed by atoms with Gasteiger partial charge >= 0.3 is 0 Å². The molecule has 0 saturated carbocycles. The molecule has 0 spiro atoms. The fourth-order valence-electron chi connectivity index (χ4n) is 2.28. The van der Waals surface area contributed by atoms with Gasteiger partial charge in [-0.3, -0.25) is 9.78 Å². The van der Waals surface area contributed by atoms with Gasteiger partial charge in [-0.05, 0) is 55.1 Å². The maximum Gasteiger partial charge on any atom is 0.257 e. The molecule has 0 aliphatic carbocycles. The van der Waals surface area contributed by atoms with Crippen LogP contribution in [0.25, 0.3) is 10.6 Å². The monoisotopic (exact) mass is 308 g/mol. The number of thiophene rings is 1. The van der Waals surface area contributed by atoms with Gasteiger partial charge in [0.1, 0.15) is 0 Å². The van der Waals surface area contributed by atoms with E-state index in [1.807, 2.05) is 67.8 Å². The van der Waals surface area contributed by atoms with Gasteiger partial charge in [0.25, 0.3) is 5.91 Å². The number of hydrogen-bond donors (Lipinski definition) is 1. The van der Waals surface area contributed by atoms with Gasteiger partial charge in [-0.15, -0.1) is 11.3 Å². The molecule has 0 aliphatic heterocycles. The van der Waals surface area contributed by atoms with Crippen molar-refractivity contribution >= 4 is 22.9 Å². The van der Waals surface area contributed by atoms with Gasteiger partial charge in [0, 0.05) is 5.69 Å². The summed E-state index contributed by atoms with van der Waals surface area (Å²) in [6.45, 7) is 3.86. The minimum atomic E-state index is -0.131. The number of carbonyl (C=O) groups is 1. The van der Waals surface area contributed by atoms with Crippen molar-refractivity contribution in [3.63, 3.8) is 0 Å². The standard InChI is InChI=1S/C18H16N2OS/c1-12-5-3-6-14(11-12)20-18(21)15-8-9-16(19-13(15)2)17-7-4-10-22-17/h3-11H,1-2H3,(H,20,21). The van der Waals surface area contributed by atoms with Gasteiger partial charge in [0.05, 0.1) is 21.8 Å². The highest BCUT2D eigenvalue weighted by Gasteiger charge is 2.12. The van der Waals surface area contributed by atoms with Crippen molar-refractivity contribution in [3.05, 3.63) is 70.7 Å². The Balaban J connectivity index is 1.84. The molecule has 3 nitrogen and oxygen atoms in total. The molecule has 110 valence electrons.